The van der Waals surface area contributed by atoms with E-state index in [1.54, 1.807) is 38.1 Å². The summed E-state index contributed by atoms with van der Waals surface area (Å²) in [6.45, 7) is 3.06. The minimum Gasteiger partial charge on any atom is -0.457 e. The number of amides is 1. The molecular formula is C22H22F3N3O3. The number of anilines is 1. The van der Waals surface area contributed by atoms with Crippen molar-refractivity contribution in [1.29, 1.82) is 0 Å². The third-order valence-corrected chi connectivity index (χ3v) is 5.00. The van der Waals surface area contributed by atoms with Gasteiger partial charge in [-0.05, 0) is 31.5 Å². The number of hydrogen-bond acceptors (Lipinski definition) is 4. The van der Waals surface area contributed by atoms with Crippen LogP contribution in [0.4, 0.5) is 18.9 Å². The predicted octanol–water partition coefficient (Wildman–Crippen LogP) is 4.11. The zero-order chi connectivity index (χ0) is 23.0. The van der Waals surface area contributed by atoms with Crippen molar-refractivity contribution < 1.29 is 27.5 Å². The normalized spacial score (nSPS) is 12.2. The van der Waals surface area contributed by atoms with E-state index in [4.69, 9.17) is 16.2 Å². The van der Waals surface area contributed by atoms with E-state index in [1.165, 1.54) is 10.8 Å². The number of alkyl halides is 3. The standard InChI is InChI=1S/C22H22F3N3O3/c1-21(2,20(27)30)12-28-10-15(19(29)31-11-13-6-4-3-5-7-13)18-16(26)8-14(9-17(18)28)22(23,24)25/h3-10H,11-12,26H2,1-2H3,(H2,27,30). The van der Waals surface area contributed by atoms with Crippen molar-refractivity contribution in [2.24, 2.45) is 11.1 Å². The Hall–Kier alpha value is -3.49. The highest BCUT2D eigenvalue weighted by molar-refractivity contribution is 6.09. The first-order chi connectivity index (χ1) is 14.4. The van der Waals surface area contributed by atoms with Gasteiger partial charge in [-0.2, -0.15) is 13.2 Å². The Bertz CT molecular complexity index is 1140. The number of carbonyl (C=O) groups excluding carboxylic acids is 2. The Morgan fingerprint density at radius 1 is 1.10 bits per heavy atom. The van der Waals surface area contributed by atoms with E-state index in [2.05, 4.69) is 0 Å². The molecule has 6 nitrogen and oxygen atoms in total. The van der Waals surface area contributed by atoms with Crippen molar-refractivity contribution in [1.82, 2.24) is 4.57 Å². The summed E-state index contributed by atoms with van der Waals surface area (Å²) in [5, 5.41) is 0.131. The Balaban J connectivity index is 2.08. The molecule has 4 N–H and O–H groups in total. The number of fused-ring (bicyclic) bond motifs is 1. The van der Waals surface area contributed by atoms with Crippen molar-refractivity contribution in [3.05, 3.63) is 65.4 Å². The average Bonchev–Trinajstić information content (AvgIpc) is 3.04. The number of ether oxygens (including phenoxy) is 1. The van der Waals surface area contributed by atoms with Crippen LogP contribution in [0.3, 0.4) is 0 Å². The van der Waals surface area contributed by atoms with Gasteiger partial charge in [0.1, 0.15) is 6.61 Å². The van der Waals surface area contributed by atoms with Crippen LogP contribution in [0.1, 0.15) is 35.3 Å². The quantitative estimate of drug-likeness (QED) is 0.451. The van der Waals surface area contributed by atoms with Gasteiger partial charge in [0.25, 0.3) is 0 Å². The minimum absolute atomic E-state index is 0.0115. The number of nitrogens with zero attached hydrogens (tertiary/aromatic N) is 1. The van der Waals surface area contributed by atoms with Gasteiger partial charge in [0.15, 0.2) is 0 Å². The fourth-order valence-corrected chi connectivity index (χ4v) is 3.21. The predicted molar refractivity (Wildman–Crippen MR) is 110 cm³/mol. The fourth-order valence-electron chi connectivity index (χ4n) is 3.21. The number of halogens is 3. The minimum atomic E-state index is -4.63. The third-order valence-electron chi connectivity index (χ3n) is 5.00. The van der Waals surface area contributed by atoms with Gasteiger partial charge in [0.05, 0.1) is 22.1 Å². The number of esters is 1. The zero-order valence-electron chi connectivity index (χ0n) is 17.0. The van der Waals surface area contributed by atoms with Crippen LogP contribution in [-0.2, 0) is 28.9 Å². The fraction of sp³-hybridized carbons (Fsp3) is 0.273. The maximum atomic E-state index is 13.3. The Morgan fingerprint density at radius 3 is 2.32 bits per heavy atom. The van der Waals surface area contributed by atoms with Crippen molar-refractivity contribution in [2.75, 3.05) is 5.73 Å². The number of nitrogens with two attached hydrogens (primary N) is 2. The molecule has 3 rings (SSSR count). The van der Waals surface area contributed by atoms with E-state index in [0.29, 0.717) is 0 Å². The number of hydrogen-bond donors (Lipinski definition) is 2. The smallest absolute Gasteiger partial charge is 0.416 e. The Labute approximate surface area is 176 Å². The van der Waals surface area contributed by atoms with Crippen molar-refractivity contribution in [3.63, 3.8) is 0 Å². The first kappa shape index (κ1) is 22.2. The highest BCUT2D eigenvalue weighted by atomic mass is 19.4. The molecular weight excluding hydrogens is 411 g/mol. The molecule has 0 bridgehead atoms. The van der Waals surface area contributed by atoms with Crippen LogP contribution in [0.2, 0.25) is 0 Å². The van der Waals surface area contributed by atoms with Crippen LogP contribution >= 0.6 is 0 Å². The summed E-state index contributed by atoms with van der Waals surface area (Å²) < 4.78 is 46.7. The molecule has 0 spiro atoms. The van der Waals surface area contributed by atoms with Gasteiger partial charge in [0, 0.05) is 23.8 Å². The second-order valence-corrected chi connectivity index (χ2v) is 7.94. The largest absolute Gasteiger partial charge is 0.457 e. The van der Waals surface area contributed by atoms with Gasteiger partial charge in [-0.3, -0.25) is 4.79 Å². The molecule has 1 heterocycles. The molecule has 0 aliphatic heterocycles. The van der Waals surface area contributed by atoms with E-state index >= 15 is 0 Å². The molecule has 2 aromatic carbocycles. The second kappa shape index (κ2) is 7.98. The van der Waals surface area contributed by atoms with Gasteiger partial charge >= 0.3 is 12.1 Å². The molecule has 1 amide bonds. The molecule has 0 unspecified atom stereocenters. The van der Waals surface area contributed by atoms with E-state index in [-0.39, 0.29) is 35.3 Å². The van der Waals surface area contributed by atoms with Gasteiger partial charge in [0.2, 0.25) is 5.91 Å². The van der Waals surface area contributed by atoms with Crippen molar-refractivity contribution in [2.45, 2.75) is 33.2 Å². The monoisotopic (exact) mass is 433 g/mol. The van der Waals surface area contributed by atoms with Crippen LogP contribution in [0, 0.1) is 5.41 Å². The molecule has 0 aliphatic rings. The molecule has 3 aromatic rings. The SMILES string of the molecule is CC(C)(Cn1cc(C(=O)OCc2ccccc2)c2c(N)cc(C(F)(F)F)cc21)C(N)=O. The number of aromatic nitrogens is 1. The van der Waals surface area contributed by atoms with Crippen LogP contribution in [0.5, 0.6) is 0 Å². The number of rotatable bonds is 6. The molecule has 0 fully saturated rings. The van der Waals surface area contributed by atoms with Gasteiger partial charge in [-0.15, -0.1) is 0 Å². The van der Waals surface area contributed by atoms with E-state index < -0.39 is 29.0 Å². The van der Waals surface area contributed by atoms with Gasteiger partial charge in [-0.25, -0.2) is 4.79 Å². The van der Waals surface area contributed by atoms with Crippen LogP contribution in [0.15, 0.2) is 48.7 Å². The topological polar surface area (TPSA) is 100 Å². The molecule has 0 saturated carbocycles. The van der Waals surface area contributed by atoms with E-state index in [1.807, 2.05) is 6.07 Å². The van der Waals surface area contributed by atoms with Crippen molar-refractivity contribution >= 4 is 28.5 Å². The summed E-state index contributed by atoms with van der Waals surface area (Å²) in [6.07, 6.45) is -3.29. The van der Waals surface area contributed by atoms with Crippen LogP contribution in [-0.4, -0.2) is 16.4 Å². The Kier molecular flexibility index (Phi) is 5.71. The maximum absolute atomic E-state index is 13.3. The molecule has 164 valence electrons. The molecule has 0 radical (unpaired) electrons. The molecule has 0 aliphatic carbocycles. The molecule has 9 heteroatoms. The lowest BCUT2D eigenvalue weighted by Crippen LogP contribution is -2.35. The first-order valence-electron chi connectivity index (χ1n) is 9.40. The van der Waals surface area contributed by atoms with Gasteiger partial charge < -0.3 is 20.8 Å². The maximum Gasteiger partial charge on any atom is 0.416 e. The summed E-state index contributed by atoms with van der Waals surface area (Å²) >= 11 is 0. The summed E-state index contributed by atoms with van der Waals surface area (Å²) in [5.74, 6) is -1.38. The molecule has 0 atom stereocenters. The lowest BCUT2D eigenvalue weighted by Gasteiger charge is -2.22. The summed E-state index contributed by atoms with van der Waals surface area (Å²) in [4.78, 5) is 24.5. The third kappa shape index (κ3) is 4.65. The van der Waals surface area contributed by atoms with Gasteiger partial charge in [-0.1, -0.05) is 30.3 Å². The summed E-state index contributed by atoms with van der Waals surface area (Å²) in [5.41, 5.74) is 9.91. The highest BCUT2D eigenvalue weighted by Gasteiger charge is 2.34. The lowest BCUT2D eigenvalue weighted by atomic mass is 9.92. The number of nitrogen functional groups attached to an aromatic ring is 1. The highest BCUT2D eigenvalue weighted by Crippen LogP contribution is 2.37. The van der Waals surface area contributed by atoms with Crippen molar-refractivity contribution in [3.8, 4) is 0 Å². The molecule has 31 heavy (non-hydrogen) atoms. The number of primary amides is 1. The van der Waals surface area contributed by atoms with Crippen LogP contribution < -0.4 is 11.5 Å². The molecule has 1 aromatic heterocycles. The molecule has 0 saturated heterocycles. The number of carbonyl (C=O) groups is 2. The lowest BCUT2D eigenvalue weighted by molar-refractivity contribution is -0.137. The first-order valence-corrected chi connectivity index (χ1v) is 9.40. The average molecular weight is 433 g/mol. The second-order valence-electron chi connectivity index (χ2n) is 7.94. The van der Waals surface area contributed by atoms with Crippen LogP contribution in [0.25, 0.3) is 10.9 Å². The number of benzene rings is 2. The zero-order valence-corrected chi connectivity index (χ0v) is 17.0. The summed E-state index contributed by atoms with van der Waals surface area (Å²) in [6, 6.07) is 10.6. The van der Waals surface area contributed by atoms with E-state index in [9.17, 15) is 22.8 Å². The Morgan fingerprint density at radius 2 is 1.74 bits per heavy atom. The summed E-state index contributed by atoms with van der Waals surface area (Å²) in [7, 11) is 0. The van der Waals surface area contributed by atoms with E-state index in [0.717, 1.165) is 17.7 Å².